The standard InChI is InChI=1S/2C7H14O3.2C6H14O2.CH4/c2*1-4(2)6(9)7(10)5(3)8;2*1-4(2)6(8)5(3)7;/h2*4,6-7,9-10H,1-3H3;2*4-8H,1-3H3;1H4/t2*6-,7+;2*5-,6-;/m1010./s1. The topological polar surface area (TPSA) is 196 Å². The lowest BCUT2D eigenvalue weighted by molar-refractivity contribution is -0.133. The average Bonchev–Trinajstić information content (AvgIpc) is 2.76. The zero-order chi connectivity index (χ0) is 30.1. The van der Waals surface area contributed by atoms with E-state index in [0.717, 1.165) is 0 Å². The van der Waals surface area contributed by atoms with Crippen molar-refractivity contribution in [3.63, 3.8) is 0 Å². The van der Waals surface area contributed by atoms with Gasteiger partial charge in [0.05, 0.1) is 36.6 Å². The fourth-order valence-corrected chi connectivity index (χ4v) is 2.32. The minimum atomic E-state index is -1.22. The Morgan fingerprint density at radius 2 is 0.568 bits per heavy atom. The van der Waals surface area contributed by atoms with Gasteiger partial charge in [-0.15, -0.1) is 0 Å². The van der Waals surface area contributed by atoms with Crippen LogP contribution < -0.4 is 0 Å². The molecule has 0 aromatic heterocycles. The Kier molecular flexibility index (Phi) is 29.9. The molecular formula is C27H60O10. The predicted octanol–water partition coefficient (Wildman–Crippen LogP) is 1.31. The van der Waals surface area contributed by atoms with Gasteiger partial charge in [0.15, 0.2) is 11.6 Å². The Bertz CT molecular complexity index is 483. The lowest BCUT2D eigenvalue weighted by Crippen LogP contribution is -2.35. The van der Waals surface area contributed by atoms with Crippen LogP contribution in [0.15, 0.2) is 0 Å². The van der Waals surface area contributed by atoms with Crippen molar-refractivity contribution in [2.24, 2.45) is 23.7 Å². The third-order valence-corrected chi connectivity index (χ3v) is 5.20. The van der Waals surface area contributed by atoms with Gasteiger partial charge in [-0.2, -0.15) is 0 Å². The smallest absolute Gasteiger partial charge is 0.160 e. The van der Waals surface area contributed by atoms with E-state index in [9.17, 15) is 9.59 Å². The summed E-state index contributed by atoms with van der Waals surface area (Å²) in [6, 6.07) is 0. The summed E-state index contributed by atoms with van der Waals surface area (Å²) in [5, 5.41) is 71.5. The van der Waals surface area contributed by atoms with Crippen LogP contribution in [0.1, 0.15) is 90.5 Å². The highest BCUT2D eigenvalue weighted by Gasteiger charge is 2.23. The van der Waals surface area contributed by atoms with Crippen LogP contribution in [-0.4, -0.2) is 101 Å². The molecule has 0 amide bonds. The van der Waals surface area contributed by atoms with Gasteiger partial charge < -0.3 is 40.9 Å². The summed E-state index contributed by atoms with van der Waals surface area (Å²) in [4.78, 5) is 21.0. The van der Waals surface area contributed by atoms with Crippen molar-refractivity contribution in [2.75, 3.05) is 0 Å². The summed E-state index contributed by atoms with van der Waals surface area (Å²) >= 11 is 0. The predicted molar refractivity (Wildman–Crippen MR) is 147 cm³/mol. The fraction of sp³-hybridized carbons (Fsp3) is 0.926. The third kappa shape index (κ3) is 25.1. The summed E-state index contributed by atoms with van der Waals surface area (Å²) in [5.74, 6) is -0.648. The molecule has 8 atom stereocenters. The van der Waals surface area contributed by atoms with E-state index in [1.165, 1.54) is 13.8 Å². The molecule has 0 aliphatic carbocycles. The molecule has 8 N–H and O–H groups in total. The number of carbonyl (C=O) groups is 2. The van der Waals surface area contributed by atoms with Crippen molar-refractivity contribution in [3.05, 3.63) is 0 Å². The van der Waals surface area contributed by atoms with Crippen LogP contribution in [0.5, 0.6) is 0 Å². The Morgan fingerprint density at radius 3 is 0.595 bits per heavy atom. The van der Waals surface area contributed by atoms with Gasteiger partial charge in [0.25, 0.3) is 0 Å². The van der Waals surface area contributed by atoms with Gasteiger partial charge in [-0.1, -0.05) is 62.8 Å². The van der Waals surface area contributed by atoms with Gasteiger partial charge in [-0.05, 0) is 51.4 Å². The summed E-state index contributed by atoms with van der Waals surface area (Å²) in [6.45, 7) is 20.2. The molecule has 0 fully saturated rings. The molecule has 0 saturated carbocycles. The van der Waals surface area contributed by atoms with Crippen molar-refractivity contribution < 1.29 is 50.4 Å². The molecule has 10 nitrogen and oxygen atoms in total. The molecule has 0 unspecified atom stereocenters. The van der Waals surface area contributed by atoms with E-state index in [0.29, 0.717) is 0 Å². The lowest BCUT2D eigenvalue weighted by atomic mass is 10.00. The number of hydrogen-bond donors (Lipinski definition) is 8. The largest absolute Gasteiger partial charge is 0.391 e. The second-order valence-corrected chi connectivity index (χ2v) is 10.5. The van der Waals surface area contributed by atoms with E-state index in [1.807, 2.05) is 27.7 Å². The molecule has 0 aliphatic rings. The molecule has 0 radical (unpaired) electrons. The van der Waals surface area contributed by atoms with Crippen LogP contribution in [-0.2, 0) is 9.59 Å². The summed E-state index contributed by atoms with van der Waals surface area (Å²) < 4.78 is 0. The van der Waals surface area contributed by atoms with Crippen LogP contribution in [0.3, 0.4) is 0 Å². The number of hydrogen-bond acceptors (Lipinski definition) is 10. The van der Waals surface area contributed by atoms with Gasteiger partial charge in [-0.25, -0.2) is 0 Å². The first-order chi connectivity index (χ1) is 16.0. The van der Waals surface area contributed by atoms with Crippen molar-refractivity contribution in [3.8, 4) is 0 Å². The molecule has 0 saturated heterocycles. The molecular weight excluding hydrogens is 484 g/mol. The summed E-state index contributed by atoms with van der Waals surface area (Å²) in [7, 11) is 0. The Hall–Kier alpha value is -0.980. The van der Waals surface area contributed by atoms with E-state index >= 15 is 0 Å². The van der Waals surface area contributed by atoms with E-state index in [2.05, 4.69) is 0 Å². The lowest BCUT2D eigenvalue weighted by Gasteiger charge is -2.17. The molecule has 0 rings (SSSR count). The van der Waals surface area contributed by atoms with Crippen LogP contribution in [0, 0.1) is 23.7 Å². The summed E-state index contributed by atoms with van der Waals surface area (Å²) in [6.07, 6.45) is -6.66. The maximum atomic E-state index is 10.5. The second-order valence-electron chi connectivity index (χ2n) is 10.5. The first-order valence-electron chi connectivity index (χ1n) is 12.5. The van der Waals surface area contributed by atoms with E-state index in [1.54, 1.807) is 41.5 Å². The molecule has 0 bridgehead atoms. The van der Waals surface area contributed by atoms with Crippen molar-refractivity contribution in [1.82, 2.24) is 0 Å². The average molecular weight is 545 g/mol. The zero-order valence-electron chi connectivity index (χ0n) is 24.3. The monoisotopic (exact) mass is 544 g/mol. The van der Waals surface area contributed by atoms with Crippen LogP contribution >= 0.6 is 0 Å². The first-order valence-corrected chi connectivity index (χ1v) is 12.5. The Labute approximate surface area is 225 Å². The minimum absolute atomic E-state index is 0. The number of carbonyl (C=O) groups excluding carboxylic acids is 2. The number of aliphatic hydroxyl groups excluding tert-OH is 8. The molecule has 0 aliphatic heterocycles. The van der Waals surface area contributed by atoms with Crippen LogP contribution in [0.4, 0.5) is 0 Å². The van der Waals surface area contributed by atoms with Crippen LogP contribution in [0.2, 0.25) is 0 Å². The highest BCUT2D eigenvalue weighted by Crippen LogP contribution is 2.07. The number of ketones is 2. The van der Waals surface area contributed by atoms with E-state index in [-0.39, 0.29) is 42.7 Å². The van der Waals surface area contributed by atoms with Crippen LogP contribution in [0.25, 0.3) is 0 Å². The highest BCUT2D eigenvalue weighted by molar-refractivity contribution is 5.81. The fourth-order valence-electron chi connectivity index (χ4n) is 2.32. The molecule has 0 aromatic carbocycles. The third-order valence-electron chi connectivity index (χ3n) is 5.20. The summed E-state index contributed by atoms with van der Waals surface area (Å²) in [5.41, 5.74) is 0. The molecule has 0 aromatic rings. The molecule has 228 valence electrons. The zero-order valence-corrected chi connectivity index (χ0v) is 24.3. The molecule has 0 heterocycles. The Morgan fingerprint density at radius 1 is 0.405 bits per heavy atom. The van der Waals surface area contributed by atoms with E-state index < -0.39 is 48.8 Å². The highest BCUT2D eigenvalue weighted by atomic mass is 16.3. The first kappa shape index (κ1) is 45.9. The number of Topliss-reactive ketones (excluding diaryl/α,β-unsaturated/α-hetero) is 2. The van der Waals surface area contributed by atoms with Gasteiger partial charge in [-0.3, -0.25) is 9.59 Å². The Balaban J connectivity index is -0.000000123. The SMILES string of the molecule is C.CC(=O)[C@@H](O)[C@@H](O)C(C)C.CC(=O)[C@H](O)[C@H](O)C(C)C.CC(C)[C@@H](O)[C@@H](C)O.CC(C)[C@H](O)[C@H](C)O. The van der Waals surface area contributed by atoms with Gasteiger partial charge >= 0.3 is 0 Å². The molecule has 0 spiro atoms. The minimum Gasteiger partial charge on any atom is -0.391 e. The normalized spacial score (nSPS) is 17.3. The second kappa shape index (κ2) is 24.1. The maximum Gasteiger partial charge on any atom is 0.160 e. The van der Waals surface area contributed by atoms with Gasteiger partial charge in [0.2, 0.25) is 0 Å². The van der Waals surface area contributed by atoms with Crippen molar-refractivity contribution in [1.29, 1.82) is 0 Å². The molecule has 10 heteroatoms. The number of rotatable bonds is 10. The van der Waals surface area contributed by atoms with Gasteiger partial charge in [0, 0.05) is 0 Å². The number of aliphatic hydroxyl groups is 8. The van der Waals surface area contributed by atoms with E-state index in [4.69, 9.17) is 40.9 Å². The quantitative estimate of drug-likeness (QED) is 0.198. The van der Waals surface area contributed by atoms with Crippen molar-refractivity contribution >= 4 is 11.6 Å². The van der Waals surface area contributed by atoms with Crippen molar-refractivity contribution in [2.45, 2.75) is 139 Å². The molecule has 37 heavy (non-hydrogen) atoms. The maximum absolute atomic E-state index is 10.5. The van der Waals surface area contributed by atoms with Gasteiger partial charge in [0.1, 0.15) is 12.2 Å².